The maximum absolute atomic E-state index is 5.75. The Morgan fingerprint density at radius 1 is 0.895 bits per heavy atom. The van der Waals surface area contributed by atoms with Crippen LogP contribution in [0.15, 0.2) is 47.6 Å². The van der Waals surface area contributed by atoms with Crippen LogP contribution in [0, 0.1) is 0 Å². The summed E-state index contributed by atoms with van der Waals surface area (Å²) in [6, 6.07) is 15.5. The molecule has 2 aromatic carbocycles. The highest BCUT2D eigenvalue weighted by Gasteiger charge is 2.30. The summed E-state index contributed by atoms with van der Waals surface area (Å²) < 4.78 is 0. The van der Waals surface area contributed by atoms with Gasteiger partial charge in [-0.1, -0.05) is 48.0 Å². The van der Waals surface area contributed by atoms with Crippen LogP contribution in [-0.4, -0.2) is 89.8 Å². The summed E-state index contributed by atoms with van der Waals surface area (Å²) in [6.45, 7) is 7.38. The van der Waals surface area contributed by atoms with Gasteiger partial charge in [-0.05, 0) is 84.0 Å². The van der Waals surface area contributed by atoms with Gasteiger partial charge in [-0.2, -0.15) is 0 Å². The minimum atomic E-state index is 0.582. The first-order valence-electron chi connectivity index (χ1n) is 14.4. The molecule has 0 bridgehead atoms. The molecule has 2 fully saturated rings. The number of nitrogens with zero attached hydrogens (tertiary/aromatic N) is 6. The Morgan fingerprint density at radius 2 is 1.68 bits per heavy atom. The van der Waals surface area contributed by atoms with E-state index >= 15 is 0 Å². The largest absolute Gasteiger partial charge is 0.395 e. The average molecular weight is 513 g/mol. The molecule has 6 rings (SSSR count). The van der Waals surface area contributed by atoms with Crippen molar-refractivity contribution in [1.29, 1.82) is 0 Å². The molecule has 0 spiro atoms. The zero-order chi connectivity index (χ0) is 25.9. The van der Waals surface area contributed by atoms with Crippen LogP contribution in [0.2, 0.25) is 0 Å². The summed E-state index contributed by atoms with van der Waals surface area (Å²) in [4.78, 5) is 23.6. The van der Waals surface area contributed by atoms with Crippen LogP contribution in [0.4, 0.5) is 0 Å². The summed E-state index contributed by atoms with van der Waals surface area (Å²) >= 11 is 0. The molecule has 0 unspecified atom stereocenters. The SMILES string of the molecule is CN(C)CCCO/N=C1\c2ccccc2-c2nc3c(CN4CCC(N5CCCCC5)CC4)cccc3nc21. The van der Waals surface area contributed by atoms with Crippen LogP contribution in [0.25, 0.3) is 22.3 Å². The fourth-order valence-electron chi connectivity index (χ4n) is 6.25. The molecular weight excluding hydrogens is 472 g/mol. The number of rotatable bonds is 8. The van der Waals surface area contributed by atoms with E-state index in [1.54, 1.807) is 0 Å². The van der Waals surface area contributed by atoms with Gasteiger partial charge in [0, 0.05) is 30.3 Å². The van der Waals surface area contributed by atoms with Gasteiger partial charge >= 0.3 is 0 Å². The number of hydrogen-bond donors (Lipinski definition) is 0. The molecule has 1 aromatic heterocycles. The predicted octanol–water partition coefficient (Wildman–Crippen LogP) is 4.78. The molecule has 0 saturated carbocycles. The van der Waals surface area contributed by atoms with Gasteiger partial charge in [0.25, 0.3) is 0 Å². The monoisotopic (exact) mass is 512 g/mol. The minimum Gasteiger partial charge on any atom is -0.395 e. The van der Waals surface area contributed by atoms with Gasteiger partial charge < -0.3 is 14.6 Å². The van der Waals surface area contributed by atoms with Gasteiger partial charge in [0.2, 0.25) is 0 Å². The molecule has 3 heterocycles. The van der Waals surface area contributed by atoms with E-state index in [2.05, 4.69) is 70.3 Å². The zero-order valence-corrected chi connectivity index (χ0v) is 22.9. The van der Waals surface area contributed by atoms with Gasteiger partial charge in [-0.15, -0.1) is 0 Å². The van der Waals surface area contributed by atoms with Crippen molar-refractivity contribution in [3.8, 4) is 11.3 Å². The quantitative estimate of drug-likeness (QED) is 0.250. The van der Waals surface area contributed by atoms with Crippen molar-refractivity contribution in [2.45, 2.75) is 51.1 Å². The zero-order valence-electron chi connectivity index (χ0n) is 22.9. The fraction of sp³-hybridized carbons (Fsp3) is 0.516. The highest BCUT2D eigenvalue weighted by atomic mass is 16.6. The molecule has 7 heteroatoms. The van der Waals surface area contributed by atoms with Crippen molar-refractivity contribution in [2.24, 2.45) is 5.16 Å². The smallest absolute Gasteiger partial charge is 0.138 e. The standard InChI is InChI=1S/C31H40N6O/c1-35(2)16-9-21-38-34-30-26-12-5-4-11-25(26)29-31(30)32-27-13-8-10-23(28(27)33-29)22-36-19-14-24(15-20-36)37-17-6-3-7-18-37/h4-5,8,10-13,24H,3,6-7,9,14-22H2,1-2H3/b34-30+. The third kappa shape index (κ3) is 5.33. The first kappa shape index (κ1) is 25.4. The van der Waals surface area contributed by atoms with Crippen LogP contribution in [0.1, 0.15) is 55.3 Å². The Bertz CT molecular complexity index is 1290. The number of hydrogen-bond acceptors (Lipinski definition) is 7. The van der Waals surface area contributed by atoms with Gasteiger partial charge in [0.05, 0.1) is 16.7 Å². The maximum Gasteiger partial charge on any atom is 0.138 e. The molecule has 7 nitrogen and oxygen atoms in total. The highest BCUT2D eigenvalue weighted by Crippen LogP contribution is 2.36. The van der Waals surface area contributed by atoms with Crippen LogP contribution in [-0.2, 0) is 11.4 Å². The van der Waals surface area contributed by atoms with Gasteiger partial charge in [-0.3, -0.25) is 4.90 Å². The molecule has 38 heavy (non-hydrogen) atoms. The highest BCUT2D eigenvalue weighted by molar-refractivity contribution is 6.23. The van der Waals surface area contributed by atoms with E-state index in [4.69, 9.17) is 14.8 Å². The first-order chi connectivity index (χ1) is 18.7. The van der Waals surface area contributed by atoms with E-state index in [0.717, 1.165) is 77.9 Å². The van der Waals surface area contributed by atoms with Gasteiger partial charge in [0.1, 0.15) is 18.0 Å². The Kier molecular flexibility index (Phi) is 7.68. The fourth-order valence-corrected chi connectivity index (χ4v) is 6.25. The third-order valence-corrected chi connectivity index (χ3v) is 8.29. The molecule has 3 aromatic rings. The number of para-hydroxylation sites is 1. The molecule has 1 aliphatic carbocycles. The number of likely N-dealkylation sites (tertiary alicyclic amines) is 2. The second-order valence-corrected chi connectivity index (χ2v) is 11.3. The lowest BCUT2D eigenvalue weighted by molar-refractivity contribution is 0.0898. The molecule has 0 amide bonds. The number of aromatic nitrogens is 2. The van der Waals surface area contributed by atoms with Crippen LogP contribution < -0.4 is 0 Å². The lowest BCUT2D eigenvalue weighted by Gasteiger charge is -2.40. The number of oxime groups is 1. The Morgan fingerprint density at radius 3 is 2.47 bits per heavy atom. The van der Waals surface area contributed by atoms with E-state index in [9.17, 15) is 0 Å². The number of benzene rings is 2. The van der Waals surface area contributed by atoms with Crippen molar-refractivity contribution < 1.29 is 4.84 Å². The first-order valence-corrected chi connectivity index (χ1v) is 14.4. The molecule has 0 radical (unpaired) electrons. The van der Waals surface area contributed by atoms with Crippen molar-refractivity contribution in [1.82, 2.24) is 24.7 Å². The molecule has 3 aliphatic rings. The van der Waals surface area contributed by atoms with E-state index in [1.165, 1.54) is 50.8 Å². The minimum absolute atomic E-state index is 0.582. The average Bonchev–Trinajstić information content (AvgIpc) is 3.25. The second-order valence-electron chi connectivity index (χ2n) is 11.3. The summed E-state index contributed by atoms with van der Waals surface area (Å²) in [5.74, 6) is 0. The Hall–Kier alpha value is -2.87. The topological polar surface area (TPSA) is 57.1 Å². The van der Waals surface area contributed by atoms with E-state index < -0.39 is 0 Å². The number of fused-ring (bicyclic) bond motifs is 4. The van der Waals surface area contributed by atoms with Crippen LogP contribution in [0.5, 0.6) is 0 Å². The van der Waals surface area contributed by atoms with E-state index in [-0.39, 0.29) is 0 Å². The third-order valence-electron chi connectivity index (χ3n) is 8.29. The Labute approximate surface area is 226 Å². The normalized spacial score (nSPS) is 19.8. The predicted molar refractivity (Wildman–Crippen MR) is 153 cm³/mol. The molecule has 2 aliphatic heterocycles. The van der Waals surface area contributed by atoms with Crippen molar-refractivity contribution in [3.05, 3.63) is 59.3 Å². The summed E-state index contributed by atoms with van der Waals surface area (Å²) in [5, 5.41) is 4.55. The van der Waals surface area contributed by atoms with Crippen LogP contribution in [0.3, 0.4) is 0 Å². The molecule has 0 atom stereocenters. The second kappa shape index (κ2) is 11.5. The summed E-state index contributed by atoms with van der Waals surface area (Å²) in [5.41, 5.74) is 7.87. The summed E-state index contributed by atoms with van der Waals surface area (Å²) in [7, 11) is 4.14. The lowest BCUT2D eigenvalue weighted by Crippen LogP contribution is -2.46. The Balaban J connectivity index is 1.22. The molecular formula is C31H40N6O. The lowest BCUT2D eigenvalue weighted by atomic mass is 9.99. The van der Waals surface area contributed by atoms with E-state index in [1.807, 2.05) is 6.07 Å². The van der Waals surface area contributed by atoms with Crippen molar-refractivity contribution in [2.75, 3.05) is 53.4 Å². The maximum atomic E-state index is 5.75. The van der Waals surface area contributed by atoms with Gasteiger partial charge in [0.15, 0.2) is 0 Å². The molecule has 200 valence electrons. The molecule has 2 saturated heterocycles. The van der Waals surface area contributed by atoms with Crippen molar-refractivity contribution in [3.63, 3.8) is 0 Å². The summed E-state index contributed by atoms with van der Waals surface area (Å²) in [6.07, 6.45) is 7.62. The van der Waals surface area contributed by atoms with Crippen LogP contribution >= 0.6 is 0 Å². The number of piperidine rings is 2. The van der Waals surface area contributed by atoms with Crippen molar-refractivity contribution >= 4 is 16.7 Å². The van der Waals surface area contributed by atoms with Gasteiger partial charge in [-0.25, -0.2) is 9.97 Å². The molecule has 0 N–H and O–H groups in total. The van der Waals surface area contributed by atoms with E-state index in [0.29, 0.717) is 6.61 Å².